The van der Waals surface area contributed by atoms with E-state index in [2.05, 4.69) is 126 Å². The van der Waals surface area contributed by atoms with Crippen LogP contribution in [0.25, 0.3) is 12.2 Å². The molecule has 0 radical (unpaired) electrons. The Morgan fingerprint density at radius 2 is 1.17 bits per heavy atom. The van der Waals surface area contributed by atoms with Crippen LogP contribution in [0.15, 0.2) is 121 Å². The lowest BCUT2D eigenvalue weighted by molar-refractivity contribution is 0.997. The van der Waals surface area contributed by atoms with Gasteiger partial charge in [-0.05, 0) is 54.3 Å². The average molecular weight is 376 g/mol. The van der Waals surface area contributed by atoms with Gasteiger partial charge in [-0.2, -0.15) is 0 Å². The van der Waals surface area contributed by atoms with Crippen molar-refractivity contribution in [3.63, 3.8) is 0 Å². The molecule has 29 heavy (non-hydrogen) atoms. The topological polar surface area (TPSA) is 3.24 Å². The van der Waals surface area contributed by atoms with Gasteiger partial charge in [0.05, 0.1) is 0 Å². The zero-order valence-corrected chi connectivity index (χ0v) is 16.5. The lowest BCUT2D eigenvalue weighted by Crippen LogP contribution is -2.16. The molecule has 0 atom stereocenters. The molecule has 4 rings (SSSR count). The molecule has 0 bridgehead atoms. The first-order valence-electron chi connectivity index (χ1n) is 10.1. The SMILES string of the molecule is C1=CC(N(c2ccccc2)c2ccc(/C=C/C=C/c3ccccc3)cc2)=CCC1. The molecule has 0 amide bonds. The van der Waals surface area contributed by atoms with Gasteiger partial charge < -0.3 is 4.90 Å². The van der Waals surface area contributed by atoms with Gasteiger partial charge in [0.1, 0.15) is 0 Å². The molecule has 0 aromatic heterocycles. The fourth-order valence-electron chi connectivity index (χ4n) is 3.42. The van der Waals surface area contributed by atoms with E-state index in [1.165, 1.54) is 28.2 Å². The minimum atomic E-state index is 1.09. The second-order valence-electron chi connectivity index (χ2n) is 7.00. The smallest absolute Gasteiger partial charge is 0.0461 e. The molecule has 3 aromatic carbocycles. The van der Waals surface area contributed by atoms with Crippen LogP contribution < -0.4 is 4.90 Å². The Balaban J connectivity index is 1.53. The maximum Gasteiger partial charge on any atom is 0.0461 e. The first-order valence-corrected chi connectivity index (χ1v) is 10.1. The standard InChI is InChI=1S/C28H25N/c1-4-12-24(13-5-1)14-10-11-15-25-20-22-28(23-21-25)29(26-16-6-2-7-17-26)27-18-8-3-9-19-27/h1-2,4-8,10-23H,3,9H2/b14-10+,15-11+. The molecule has 0 spiro atoms. The number of nitrogens with zero attached hydrogens (tertiary/aromatic N) is 1. The summed E-state index contributed by atoms with van der Waals surface area (Å²) in [6.45, 7) is 0. The fourth-order valence-corrected chi connectivity index (χ4v) is 3.42. The van der Waals surface area contributed by atoms with E-state index in [9.17, 15) is 0 Å². The van der Waals surface area contributed by atoms with Crippen molar-refractivity contribution in [1.82, 2.24) is 0 Å². The largest absolute Gasteiger partial charge is 0.311 e. The molecule has 1 aliphatic rings. The second kappa shape index (κ2) is 9.57. The van der Waals surface area contributed by atoms with Gasteiger partial charge >= 0.3 is 0 Å². The average Bonchev–Trinajstić information content (AvgIpc) is 2.80. The monoisotopic (exact) mass is 375 g/mol. The molecule has 0 heterocycles. The Bertz CT molecular complexity index is 1020. The lowest BCUT2D eigenvalue weighted by atomic mass is 10.1. The normalized spacial score (nSPS) is 13.7. The van der Waals surface area contributed by atoms with Crippen molar-refractivity contribution >= 4 is 23.5 Å². The van der Waals surface area contributed by atoms with Gasteiger partial charge in [0, 0.05) is 17.1 Å². The molecule has 0 unspecified atom stereocenters. The van der Waals surface area contributed by atoms with Crippen LogP contribution in [-0.4, -0.2) is 0 Å². The number of benzene rings is 3. The van der Waals surface area contributed by atoms with Crippen molar-refractivity contribution in [2.75, 3.05) is 4.90 Å². The second-order valence-corrected chi connectivity index (χ2v) is 7.00. The summed E-state index contributed by atoms with van der Waals surface area (Å²) < 4.78 is 0. The molecule has 142 valence electrons. The third-order valence-electron chi connectivity index (χ3n) is 4.89. The number of para-hydroxylation sites is 1. The molecule has 0 saturated heterocycles. The van der Waals surface area contributed by atoms with Crippen LogP contribution in [0.2, 0.25) is 0 Å². The highest BCUT2D eigenvalue weighted by molar-refractivity contribution is 5.71. The van der Waals surface area contributed by atoms with Crippen LogP contribution in [0.5, 0.6) is 0 Å². The van der Waals surface area contributed by atoms with Crippen molar-refractivity contribution in [3.05, 3.63) is 132 Å². The van der Waals surface area contributed by atoms with Crippen LogP contribution >= 0.6 is 0 Å². The maximum atomic E-state index is 2.32. The number of hydrogen-bond donors (Lipinski definition) is 0. The molecule has 0 aliphatic heterocycles. The maximum absolute atomic E-state index is 2.32. The van der Waals surface area contributed by atoms with E-state index >= 15 is 0 Å². The Morgan fingerprint density at radius 1 is 0.586 bits per heavy atom. The zero-order chi connectivity index (χ0) is 19.7. The fraction of sp³-hybridized carbons (Fsp3) is 0.0714. The molecule has 0 N–H and O–H groups in total. The predicted octanol–water partition coefficient (Wildman–Crippen LogP) is 7.79. The number of hydrogen-bond acceptors (Lipinski definition) is 1. The highest BCUT2D eigenvalue weighted by Crippen LogP contribution is 2.32. The Kier molecular flexibility index (Phi) is 6.19. The van der Waals surface area contributed by atoms with Crippen LogP contribution in [0.1, 0.15) is 24.0 Å². The predicted molar refractivity (Wildman–Crippen MR) is 126 cm³/mol. The molecule has 1 heteroatoms. The summed E-state index contributed by atoms with van der Waals surface area (Å²) >= 11 is 0. The van der Waals surface area contributed by atoms with E-state index in [0.29, 0.717) is 0 Å². The minimum absolute atomic E-state index is 1.09. The van der Waals surface area contributed by atoms with E-state index in [0.717, 1.165) is 12.8 Å². The third kappa shape index (κ3) is 5.03. The van der Waals surface area contributed by atoms with Gasteiger partial charge in [0.15, 0.2) is 0 Å². The molecular weight excluding hydrogens is 350 g/mol. The van der Waals surface area contributed by atoms with Gasteiger partial charge in [0.25, 0.3) is 0 Å². The first kappa shape index (κ1) is 18.8. The van der Waals surface area contributed by atoms with Crippen molar-refractivity contribution < 1.29 is 0 Å². The number of rotatable bonds is 6. The third-order valence-corrected chi connectivity index (χ3v) is 4.89. The first-order chi connectivity index (χ1) is 14.4. The minimum Gasteiger partial charge on any atom is -0.311 e. The quantitative estimate of drug-likeness (QED) is 0.397. The number of allylic oxidation sites excluding steroid dienone is 5. The summed E-state index contributed by atoms with van der Waals surface area (Å²) in [4.78, 5) is 2.32. The number of anilines is 2. The highest BCUT2D eigenvalue weighted by Gasteiger charge is 2.13. The van der Waals surface area contributed by atoms with Crippen LogP contribution in [0, 0.1) is 0 Å². The van der Waals surface area contributed by atoms with Crippen molar-refractivity contribution in [2.45, 2.75) is 12.8 Å². The van der Waals surface area contributed by atoms with E-state index in [-0.39, 0.29) is 0 Å². The van der Waals surface area contributed by atoms with Crippen LogP contribution in [0.3, 0.4) is 0 Å². The summed E-state index contributed by atoms with van der Waals surface area (Å²) in [5.74, 6) is 0. The summed E-state index contributed by atoms with van der Waals surface area (Å²) in [6, 6.07) is 29.6. The molecule has 0 saturated carbocycles. The van der Waals surface area contributed by atoms with Gasteiger partial charge in [-0.3, -0.25) is 0 Å². The van der Waals surface area contributed by atoms with Crippen molar-refractivity contribution in [1.29, 1.82) is 0 Å². The zero-order valence-electron chi connectivity index (χ0n) is 16.5. The van der Waals surface area contributed by atoms with Gasteiger partial charge in [0.2, 0.25) is 0 Å². The Labute approximate surface area is 173 Å². The molecule has 0 fully saturated rings. The lowest BCUT2D eigenvalue weighted by Gasteiger charge is -2.27. The Morgan fingerprint density at radius 3 is 1.79 bits per heavy atom. The summed E-state index contributed by atoms with van der Waals surface area (Å²) in [5.41, 5.74) is 5.98. The van der Waals surface area contributed by atoms with E-state index < -0.39 is 0 Å². The van der Waals surface area contributed by atoms with Gasteiger partial charge in [-0.1, -0.05) is 97.1 Å². The van der Waals surface area contributed by atoms with Gasteiger partial charge in [-0.15, -0.1) is 0 Å². The van der Waals surface area contributed by atoms with Gasteiger partial charge in [-0.25, -0.2) is 0 Å². The van der Waals surface area contributed by atoms with Crippen LogP contribution in [-0.2, 0) is 0 Å². The summed E-state index contributed by atoms with van der Waals surface area (Å²) in [7, 11) is 0. The van der Waals surface area contributed by atoms with E-state index in [1.807, 2.05) is 6.07 Å². The summed E-state index contributed by atoms with van der Waals surface area (Å²) in [6.07, 6.45) is 17.4. The van der Waals surface area contributed by atoms with E-state index in [1.54, 1.807) is 0 Å². The van der Waals surface area contributed by atoms with Crippen molar-refractivity contribution in [3.8, 4) is 0 Å². The highest BCUT2D eigenvalue weighted by atomic mass is 15.1. The Hall–Kier alpha value is -3.58. The van der Waals surface area contributed by atoms with E-state index in [4.69, 9.17) is 0 Å². The molecule has 3 aromatic rings. The molecule has 1 aliphatic carbocycles. The molecule has 1 nitrogen and oxygen atoms in total. The van der Waals surface area contributed by atoms with Crippen molar-refractivity contribution in [2.24, 2.45) is 0 Å². The molecular formula is C28H25N. The summed E-state index contributed by atoms with van der Waals surface area (Å²) in [5, 5.41) is 0. The van der Waals surface area contributed by atoms with Crippen LogP contribution in [0.4, 0.5) is 11.4 Å².